The van der Waals surface area contributed by atoms with Crippen LogP contribution in [0.2, 0.25) is 5.02 Å². The summed E-state index contributed by atoms with van der Waals surface area (Å²) in [6.07, 6.45) is 1.47. The van der Waals surface area contributed by atoms with Crippen LogP contribution in [0.25, 0.3) is 0 Å². The van der Waals surface area contributed by atoms with E-state index in [2.05, 4.69) is 14.8 Å². The molecular weight excluding hydrogens is 368 g/mol. The van der Waals surface area contributed by atoms with Crippen molar-refractivity contribution < 1.29 is 17.9 Å². The zero-order valence-corrected chi connectivity index (χ0v) is 15.1. The minimum absolute atomic E-state index is 0.0354. The Morgan fingerprint density at radius 3 is 2.76 bits per heavy atom. The van der Waals surface area contributed by atoms with Gasteiger partial charge < -0.3 is 9.47 Å². The summed E-state index contributed by atoms with van der Waals surface area (Å²) in [5.74, 6) is 2.07. The molecule has 8 nitrogen and oxygen atoms in total. The fraction of sp³-hybridized carbons (Fsp3) is 0.467. The van der Waals surface area contributed by atoms with E-state index in [4.69, 9.17) is 21.1 Å². The molecule has 1 N–H and O–H groups in total. The minimum atomic E-state index is -3.86. The number of halogens is 1. The van der Waals surface area contributed by atoms with E-state index in [0.717, 1.165) is 13.0 Å². The number of nitrogens with zero attached hydrogens (tertiary/aromatic N) is 3. The van der Waals surface area contributed by atoms with Crippen molar-refractivity contribution in [3.63, 3.8) is 0 Å². The van der Waals surface area contributed by atoms with Gasteiger partial charge in [0.05, 0.1) is 11.1 Å². The van der Waals surface area contributed by atoms with Crippen LogP contribution in [0.1, 0.15) is 30.5 Å². The number of rotatable bonds is 3. The first-order valence-electron chi connectivity index (χ1n) is 7.97. The molecule has 2 aromatic rings. The first-order chi connectivity index (χ1) is 11.9. The summed E-state index contributed by atoms with van der Waals surface area (Å²) < 4.78 is 41.1. The molecule has 2 aliphatic heterocycles. The number of hydrogen-bond acceptors (Lipinski definition) is 6. The van der Waals surface area contributed by atoms with E-state index >= 15 is 0 Å². The summed E-state index contributed by atoms with van der Waals surface area (Å²) in [7, 11) is -3.86. The average molecular weight is 385 g/mol. The molecule has 0 amide bonds. The lowest BCUT2D eigenvalue weighted by molar-refractivity contribution is 0.171. The minimum Gasteiger partial charge on any atom is -0.486 e. The predicted octanol–water partition coefficient (Wildman–Crippen LogP) is 1.82. The first-order valence-corrected chi connectivity index (χ1v) is 9.83. The highest BCUT2D eigenvalue weighted by Crippen LogP contribution is 2.38. The number of hydrogen-bond donors (Lipinski definition) is 1. The molecule has 2 aliphatic rings. The van der Waals surface area contributed by atoms with E-state index in [1.54, 1.807) is 11.6 Å². The second kappa shape index (κ2) is 6.15. The highest BCUT2D eigenvalue weighted by molar-refractivity contribution is 7.89. The van der Waals surface area contributed by atoms with Crippen LogP contribution in [0.3, 0.4) is 0 Å². The quantitative estimate of drug-likeness (QED) is 0.867. The standard InChI is InChI=1S/C15H17ClN4O4S/c1-9-17-15-11(3-2-4-20(15)18-9)19-25(21,22)14-8-13-12(7-10(14)16)23-5-6-24-13/h7-8,11,19H,2-6H2,1H3/t11-/m0/s1. The number of benzene rings is 1. The van der Waals surface area contributed by atoms with Gasteiger partial charge in [-0.2, -0.15) is 5.10 Å². The van der Waals surface area contributed by atoms with Crippen molar-refractivity contribution in [3.05, 3.63) is 28.8 Å². The third-order valence-corrected chi connectivity index (χ3v) is 6.10. The van der Waals surface area contributed by atoms with Crippen molar-refractivity contribution in [2.75, 3.05) is 13.2 Å². The van der Waals surface area contributed by atoms with Crippen LogP contribution in [0.5, 0.6) is 11.5 Å². The van der Waals surface area contributed by atoms with E-state index < -0.39 is 16.1 Å². The highest BCUT2D eigenvalue weighted by Gasteiger charge is 2.30. The summed E-state index contributed by atoms with van der Waals surface area (Å²) in [4.78, 5) is 4.31. The van der Waals surface area contributed by atoms with Crippen LogP contribution >= 0.6 is 11.6 Å². The maximum Gasteiger partial charge on any atom is 0.242 e. The average Bonchev–Trinajstić information content (AvgIpc) is 2.95. The zero-order chi connectivity index (χ0) is 17.6. The molecule has 0 unspecified atom stereocenters. The van der Waals surface area contributed by atoms with E-state index in [-0.39, 0.29) is 9.92 Å². The molecule has 0 bridgehead atoms. The van der Waals surface area contributed by atoms with Gasteiger partial charge in [-0.15, -0.1) is 0 Å². The largest absolute Gasteiger partial charge is 0.486 e. The fourth-order valence-electron chi connectivity index (χ4n) is 3.08. The van der Waals surface area contributed by atoms with Gasteiger partial charge in [-0.05, 0) is 19.8 Å². The first kappa shape index (κ1) is 16.6. The van der Waals surface area contributed by atoms with Gasteiger partial charge in [0.1, 0.15) is 29.8 Å². The number of sulfonamides is 1. The van der Waals surface area contributed by atoms with Gasteiger partial charge >= 0.3 is 0 Å². The molecule has 3 heterocycles. The molecule has 1 atom stereocenters. The SMILES string of the molecule is Cc1nc2n(n1)CCC[C@@H]2NS(=O)(=O)c1cc2c(cc1Cl)OCCO2. The molecule has 0 fully saturated rings. The molecule has 0 saturated heterocycles. The fourth-order valence-corrected chi connectivity index (χ4v) is 4.84. The third-order valence-electron chi connectivity index (χ3n) is 4.16. The van der Waals surface area contributed by atoms with Crippen molar-refractivity contribution >= 4 is 21.6 Å². The van der Waals surface area contributed by atoms with Crippen LogP contribution in [0.4, 0.5) is 0 Å². The molecule has 1 aromatic carbocycles. The van der Waals surface area contributed by atoms with Crippen molar-refractivity contribution in [2.45, 2.75) is 37.2 Å². The van der Waals surface area contributed by atoms with Gasteiger partial charge in [0, 0.05) is 18.7 Å². The summed E-state index contributed by atoms with van der Waals surface area (Å²) >= 11 is 6.18. The molecule has 0 aliphatic carbocycles. The van der Waals surface area contributed by atoms with Crippen molar-refractivity contribution in [1.29, 1.82) is 0 Å². The number of aryl methyl sites for hydroxylation is 2. The van der Waals surface area contributed by atoms with E-state index in [1.807, 2.05) is 0 Å². The zero-order valence-electron chi connectivity index (χ0n) is 13.5. The molecular formula is C15H17ClN4O4S. The van der Waals surface area contributed by atoms with Gasteiger partial charge in [-0.25, -0.2) is 22.8 Å². The lowest BCUT2D eigenvalue weighted by Gasteiger charge is -2.24. The Balaban J connectivity index is 1.67. The molecule has 0 spiro atoms. The smallest absolute Gasteiger partial charge is 0.242 e. The molecule has 1 aromatic heterocycles. The highest BCUT2D eigenvalue weighted by atomic mass is 35.5. The van der Waals surface area contributed by atoms with E-state index in [9.17, 15) is 8.42 Å². The molecule has 10 heteroatoms. The van der Waals surface area contributed by atoms with Crippen LogP contribution in [-0.4, -0.2) is 36.4 Å². The van der Waals surface area contributed by atoms with Crippen LogP contribution in [0.15, 0.2) is 17.0 Å². The monoisotopic (exact) mass is 384 g/mol. The number of fused-ring (bicyclic) bond motifs is 2. The van der Waals surface area contributed by atoms with Gasteiger partial charge in [-0.3, -0.25) is 0 Å². The Morgan fingerprint density at radius 1 is 1.28 bits per heavy atom. The lowest BCUT2D eigenvalue weighted by Crippen LogP contribution is -2.33. The topological polar surface area (TPSA) is 95.3 Å². The predicted molar refractivity (Wildman–Crippen MR) is 89.5 cm³/mol. The Hall–Kier alpha value is -1.84. The summed E-state index contributed by atoms with van der Waals surface area (Å²) in [5, 5.41) is 4.38. The van der Waals surface area contributed by atoms with Gasteiger partial charge in [0.25, 0.3) is 0 Å². The van der Waals surface area contributed by atoms with Gasteiger partial charge in [0.2, 0.25) is 10.0 Å². The van der Waals surface area contributed by atoms with Crippen LogP contribution < -0.4 is 14.2 Å². The van der Waals surface area contributed by atoms with Crippen molar-refractivity contribution in [1.82, 2.24) is 19.5 Å². The number of ether oxygens (including phenoxy) is 2. The normalized spacial score (nSPS) is 19.5. The second-order valence-corrected chi connectivity index (χ2v) is 8.07. The Bertz CT molecular complexity index is 928. The Labute approximate surface area is 150 Å². The maximum atomic E-state index is 12.9. The molecule has 25 heavy (non-hydrogen) atoms. The molecule has 4 rings (SSSR count). The number of aromatic nitrogens is 3. The third kappa shape index (κ3) is 3.07. The second-order valence-electron chi connectivity index (χ2n) is 5.98. The maximum absolute atomic E-state index is 12.9. The Kier molecular flexibility index (Phi) is 4.09. The molecule has 0 saturated carbocycles. The summed E-state index contributed by atoms with van der Waals surface area (Å²) in [6.45, 7) is 3.30. The van der Waals surface area contributed by atoms with Gasteiger partial charge in [0.15, 0.2) is 11.5 Å². The Morgan fingerprint density at radius 2 is 2.00 bits per heavy atom. The van der Waals surface area contributed by atoms with E-state index in [1.165, 1.54) is 12.1 Å². The number of nitrogens with one attached hydrogen (secondary N) is 1. The van der Waals surface area contributed by atoms with E-state index in [0.29, 0.717) is 42.8 Å². The lowest BCUT2D eigenvalue weighted by atomic mass is 10.1. The molecule has 0 radical (unpaired) electrons. The van der Waals surface area contributed by atoms with Gasteiger partial charge in [-0.1, -0.05) is 11.6 Å². The molecule has 134 valence electrons. The summed E-state index contributed by atoms with van der Waals surface area (Å²) in [5.41, 5.74) is 0. The van der Waals surface area contributed by atoms with Crippen molar-refractivity contribution in [3.8, 4) is 11.5 Å². The summed E-state index contributed by atoms with van der Waals surface area (Å²) in [6, 6.07) is 2.43. The van der Waals surface area contributed by atoms with Crippen molar-refractivity contribution in [2.24, 2.45) is 0 Å². The van der Waals surface area contributed by atoms with Crippen LogP contribution in [0, 0.1) is 6.92 Å². The van der Waals surface area contributed by atoms with Crippen LogP contribution in [-0.2, 0) is 16.6 Å².